The fourth-order valence-corrected chi connectivity index (χ4v) is 4.38. The van der Waals surface area contributed by atoms with E-state index < -0.39 is 49.2 Å². The maximum atomic E-state index is 15.8. The molecule has 0 aromatic heterocycles. The van der Waals surface area contributed by atoms with E-state index in [1.54, 1.807) is 25.1 Å². The summed E-state index contributed by atoms with van der Waals surface area (Å²) in [5, 5.41) is 0.424. The molecule has 1 saturated heterocycles. The van der Waals surface area contributed by atoms with Gasteiger partial charge in [0.25, 0.3) is 0 Å². The molecule has 0 aliphatic carbocycles. The SMILES string of the molecule is CCOC(=O)O[C@H]1O[C@@H](c2ccc(Cl)c(Cc3ccc(OCC)cc3)c2)[C@H](OC(=O)OCC)[C@@H](OC(=O)OCC)C1F. The van der Waals surface area contributed by atoms with Crippen molar-refractivity contribution in [2.24, 2.45) is 0 Å². The first-order chi connectivity index (χ1) is 20.2. The minimum absolute atomic E-state index is 0.0404. The molecule has 0 N–H and O–H groups in total. The van der Waals surface area contributed by atoms with Crippen molar-refractivity contribution in [2.45, 2.75) is 64.9 Å². The summed E-state index contributed by atoms with van der Waals surface area (Å²) in [6.07, 6.45) is -12.1. The van der Waals surface area contributed by atoms with Gasteiger partial charge in [-0.3, -0.25) is 0 Å². The fraction of sp³-hybridized carbons (Fsp3) is 0.483. The van der Waals surface area contributed by atoms with E-state index in [0.29, 0.717) is 29.2 Å². The molecule has 2 aromatic carbocycles. The lowest BCUT2D eigenvalue weighted by Gasteiger charge is -2.41. The van der Waals surface area contributed by atoms with Crippen LogP contribution in [0.15, 0.2) is 42.5 Å². The fourth-order valence-electron chi connectivity index (χ4n) is 4.20. The number of carbonyl (C=O) groups excluding carboxylic acids is 3. The Morgan fingerprint density at radius 2 is 1.36 bits per heavy atom. The molecule has 1 unspecified atom stereocenters. The van der Waals surface area contributed by atoms with E-state index in [9.17, 15) is 14.4 Å². The van der Waals surface area contributed by atoms with Gasteiger partial charge in [-0.2, -0.15) is 0 Å². The number of benzene rings is 2. The molecule has 230 valence electrons. The molecule has 0 saturated carbocycles. The Bertz CT molecular complexity index is 1190. The van der Waals surface area contributed by atoms with Gasteiger partial charge in [-0.15, -0.1) is 0 Å². The summed E-state index contributed by atoms with van der Waals surface area (Å²) in [6, 6.07) is 12.3. The van der Waals surface area contributed by atoms with Gasteiger partial charge in [0.05, 0.1) is 26.4 Å². The van der Waals surface area contributed by atoms with E-state index in [4.69, 9.17) is 49.5 Å². The third kappa shape index (κ3) is 8.86. The predicted octanol–water partition coefficient (Wildman–Crippen LogP) is 6.32. The summed E-state index contributed by atoms with van der Waals surface area (Å²) >= 11 is 6.51. The molecule has 0 amide bonds. The summed E-state index contributed by atoms with van der Waals surface area (Å²) in [5.74, 6) is 0.719. The zero-order valence-corrected chi connectivity index (χ0v) is 24.5. The molecule has 1 heterocycles. The molecule has 0 spiro atoms. The van der Waals surface area contributed by atoms with E-state index in [0.717, 1.165) is 11.3 Å². The van der Waals surface area contributed by atoms with Crippen molar-refractivity contribution in [1.29, 1.82) is 0 Å². The largest absolute Gasteiger partial charge is 0.510 e. The Kier molecular flexibility index (Phi) is 12.5. The Balaban J connectivity index is 2.01. The van der Waals surface area contributed by atoms with Crippen molar-refractivity contribution in [2.75, 3.05) is 26.4 Å². The second kappa shape index (κ2) is 16.0. The third-order valence-electron chi connectivity index (χ3n) is 5.97. The Hall–Kier alpha value is -3.77. The second-order valence-electron chi connectivity index (χ2n) is 8.81. The average molecular weight is 613 g/mol. The van der Waals surface area contributed by atoms with Gasteiger partial charge in [0.1, 0.15) is 11.9 Å². The number of rotatable bonds is 11. The van der Waals surface area contributed by atoms with Crippen molar-refractivity contribution < 1.29 is 56.7 Å². The Labute approximate surface area is 248 Å². The number of ether oxygens (including phenoxy) is 8. The molecule has 1 fully saturated rings. The summed E-state index contributed by atoms with van der Waals surface area (Å²) < 4.78 is 57.2. The van der Waals surface area contributed by atoms with Crippen molar-refractivity contribution in [3.8, 4) is 5.75 Å². The number of halogens is 2. The van der Waals surface area contributed by atoms with Crippen molar-refractivity contribution in [3.05, 3.63) is 64.2 Å². The van der Waals surface area contributed by atoms with Crippen LogP contribution in [0.2, 0.25) is 5.02 Å². The average Bonchev–Trinajstić information content (AvgIpc) is 2.95. The van der Waals surface area contributed by atoms with Gasteiger partial charge in [-0.25, -0.2) is 18.8 Å². The maximum absolute atomic E-state index is 15.8. The first-order valence-corrected chi connectivity index (χ1v) is 13.9. The standard InChI is InChI=1S/C29H34ClFO11/c1-5-35-20-12-9-17(10-13-20)15-19-16-18(11-14-21(19)30)23-25(41-28(33)37-7-3)24(40-27(32)36-6-2)22(31)26(39-23)42-29(34)38-8-4/h9-14,16,22-26H,5-8,15H2,1-4H3/t22?,23-,24-,25-,26+/m0/s1. The summed E-state index contributed by atoms with van der Waals surface area (Å²) in [6.45, 7) is 6.88. The van der Waals surface area contributed by atoms with Crippen LogP contribution < -0.4 is 4.74 Å². The quantitative estimate of drug-likeness (QED) is 0.209. The van der Waals surface area contributed by atoms with Crippen LogP contribution in [-0.2, 0) is 39.6 Å². The van der Waals surface area contributed by atoms with Crippen LogP contribution >= 0.6 is 11.6 Å². The highest BCUT2D eigenvalue weighted by molar-refractivity contribution is 6.31. The van der Waals surface area contributed by atoms with Crippen LogP contribution in [-0.4, -0.2) is 69.6 Å². The molecule has 42 heavy (non-hydrogen) atoms. The third-order valence-corrected chi connectivity index (χ3v) is 6.34. The van der Waals surface area contributed by atoms with Gasteiger partial charge in [-0.05, 0) is 69.0 Å². The molecule has 13 heteroatoms. The highest BCUT2D eigenvalue weighted by Gasteiger charge is 2.53. The highest BCUT2D eigenvalue weighted by atomic mass is 35.5. The number of alkyl halides is 1. The lowest BCUT2D eigenvalue weighted by molar-refractivity contribution is -0.274. The van der Waals surface area contributed by atoms with Gasteiger partial charge in [0.15, 0.2) is 12.2 Å². The molecular weight excluding hydrogens is 579 g/mol. The zero-order chi connectivity index (χ0) is 30.6. The van der Waals surface area contributed by atoms with Gasteiger partial charge in [0, 0.05) is 5.02 Å². The molecule has 0 radical (unpaired) electrons. The van der Waals surface area contributed by atoms with Crippen molar-refractivity contribution in [1.82, 2.24) is 0 Å². The van der Waals surface area contributed by atoms with Gasteiger partial charge in [0.2, 0.25) is 12.5 Å². The first kappa shape index (κ1) is 32.7. The van der Waals surface area contributed by atoms with E-state index in [1.807, 2.05) is 31.2 Å². The van der Waals surface area contributed by atoms with Crippen molar-refractivity contribution in [3.63, 3.8) is 0 Å². The van der Waals surface area contributed by atoms with E-state index in [-0.39, 0.29) is 19.8 Å². The molecule has 0 bridgehead atoms. The molecule has 1 aliphatic rings. The normalized spacial score (nSPS) is 21.5. The highest BCUT2D eigenvalue weighted by Crippen LogP contribution is 2.39. The minimum atomic E-state index is -2.30. The van der Waals surface area contributed by atoms with E-state index in [1.165, 1.54) is 13.8 Å². The number of hydrogen-bond donors (Lipinski definition) is 0. The Morgan fingerprint density at radius 1 is 0.786 bits per heavy atom. The smallest absolute Gasteiger partial charge is 0.494 e. The molecule has 1 aliphatic heterocycles. The molecular formula is C29H34ClFO11. The Morgan fingerprint density at radius 3 is 1.93 bits per heavy atom. The summed E-state index contributed by atoms with van der Waals surface area (Å²) in [4.78, 5) is 36.8. The number of carbonyl (C=O) groups is 3. The first-order valence-electron chi connectivity index (χ1n) is 13.5. The van der Waals surface area contributed by atoms with E-state index in [2.05, 4.69) is 0 Å². The molecule has 3 rings (SSSR count). The predicted molar refractivity (Wildman–Crippen MR) is 146 cm³/mol. The molecule has 5 atom stereocenters. The topological polar surface area (TPSA) is 125 Å². The van der Waals surface area contributed by atoms with Crippen LogP contribution in [0, 0.1) is 0 Å². The van der Waals surface area contributed by atoms with Gasteiger partial charge in [-0.1, -0.05) is 35.9 Å². The van der Waals surface area contributed by atoms with Crippen LogP contribution in [0.25, 0.3) is 0 Å². The monoisotopic (exact) mass is 612 g/mol. The summed E-state index contributed by atoms with van der Waals surface area (Å²) in [5.41, 5.74) is 1.93. The molecule has 11 nitrogen and oxygen atoms in total. The van der Waals surface area contributed by atoms with Crippen LogP contribution in [0.1, 0.15) is 50.5 Å². The second-order valence-corrected chi connectivity index (χ2v) is 9.21. The van der Waals surface area contributed by atoms with Crippen LogP contribution in [0.5, 0.6) is 5.75 Å². The lowest BCUT2D eigenvalue weighted by atomic mass is 9.92. The van der Waals surface area contributed by atoms with E-state index >= 15 is 4.39 Å². The van der Waals surface area contributed by atoms with Crippen LogP contribution in [0.4, 0.5) is 18.8 Å². The van der Waals surface area contributed by atoms with Gasteiger partial charge < -0.3 is 37.9 Å². The lowest BCUT2D eigenvalue weighted by Crippen LogP contribution is -2.56. The van der Waals surface area contributed by atoms with Crippen molar-refractivity contribution >= 4 is 30.1 Å². The van der Waals surface area contributed by atoms with Gasteiger partial charge >= 0.3 is 18.5 Å². The molecule has 2 aromatic rings. The number of hydrogen-bond acceptors (Lipinski definition) is 11. The maximum Gasteiger partial charge on any atom is 0.510 e. The zero-order valence-electron chi connectivity index (χ0n) is 23.7. The van der Waals surface area contributed by atoms with Crippen LogP contribution in [0.3, 0.4) is 0 Å². The summed E-state index contributed by atoms with van der Waals surface area (Å²) in [7, 11) is 0. The minimum Gasteiger partial charge on any atom is -0.494 e.